The molecular weight excluding hydrogens is 392 g/mol. The summed E-state index contributed by atoms with van der Waals surface area (Å²) in [6.45, 7) is 4.78. The van der Waals surface area contributed by atoms with E-state index in [0.29, 0.717) is 29.9 Å². The van der Waals surface area contributed by atoms with Gasteiger partial charge in [0.05, 0.1) is 18.4 Å². The lowest BCUT2D eigenvalue weighted by Gasteiger charge is -2.10. The zero-order valence-electron chi connectivity index (χ0n) is 17.8. The summed E-state index contributed by atoms with van der Waals surface area (Å²) >= 11 is 0. The molecule has 0 spiro atoms. The number of rotatable bonds is 6. The van der Waals surface area contributed by atoms with Crippen molar-refractivity contribution in [3.05, 3.63) is 88.0 Å². The number of nitrogens with zero attached hydrogens (tertiary/aromatic N) is 3. The van der Waals surface area contributed by atoms with E-state index in [1.165, 1.54) is 18.2 Å². The van der Waals surface area contributed by atoms with Crippen LogP contribution in [0.15, 0.2) is 65.7 Å². The Morgan fingerprint density at radius 1 is 1.06 bits per heavy atom. The zero-order valence-corrected chi connectivity index (χ0v) is 17.8. The first-order chi connectivity index (χ1) is 15.0. The lowest BCUT2D eigenvalue weighted by atomic mass is 10.0. The van der Waals surface area contributed by atoms with Crippen molar-refractivity contribution in [2.75, 3.05) is 13.7 Å². The van der Waals surface area contributed by atoms with E-state index in [9.17, 15) is 9.59 Å². The predicted molar refractivity (Wildman–Crippen MR) is 120 cm³/mol. The first-order valence-electron chi connectivity index (χ1n) is 10.1. The third-order valence-corrected chi connectivity index (χ3v) is 5.40. The Morgan fingerprint density at radius 3 is 2.65 bits per heavy atom. The molecule has 4 aromatic rings. The number of fused-ring (bicyclic) bond motifs is 1. The van der Waals surface area contributed by atoms with Crippen molar-refractivity contribution in [2.45, 2.75) is 20.4 Å². The van der Waals surface area contributed by atoms with E-state index in [-0.39, 0.29) is 11.5 Å². The van der Waals surface area contributed by atoms with Gasteiger partial charge in [-0.15, -0.1) is 0 Å². The summed E-state index contributed by atoms with van der Waals surface area (Å²) in [7, 11) is 1.53. The molecule has 0 aliphatic heterocycles. The molecule has 0 aliphatic carbocycles. The normalized spacial score (nSPS) is 10.9. The highest BCUT2D eigenvalue weighted by molar-refractivity contribution is 5.96. The lowest BCUT2D eigenvalue weighted by molar-refractivity contribution is 0.0949. The number of amides is 1. The van der Waals surface area contributed by atoms with Gasteiger partial charge in [-0.1, -0.05) is 24.3 Å². The minimum absolute atomic E-state index is 0.156. The van der Waals surface area contributed by atoms with E-state index >= 15 is 0 Å². The monoisotopic (exact) mass is 416 g/mol. The minimum atomic E-state index is -0.243. The lowest BCUT2D eigenvalue weighted by Crippen LogP contribution is -2.31. The van der Waals surface area contributed by atoms with Crippen LogP contribution in [0.25, 0.3) is 16.8 Å². The number of nitrogens with one attached hydrogen (secondary N) is 1. The van der Waals surface area contributed by atoms with E-state index in [0.717, 1.165) is 11.3 Å². The number of hydrogen-bond acceptors (Lipinski definition) is 4. The molecule has 4 rings (SSSR count). The van der Waals surface area contributed by atoms with Crippen molar-refractivity contribution >= 4 is 11.4 Å². The first kappa shape index (κ1) is 20.4. The summed E-state index contributed by atoms with van der Waals surface area (Å²) in [5, 5.41) is 7.38. The predicted octanol–water partition coefficient (Wildman–Crippen LogP) is 3.22. The van der Waals surface area contributed by atoms with Gasteiger partial charge in [0.2, 0.25) is 0 Å². The maximum atomic E-state index is 12.9. The van der Waals surface area contributed by atoms with Gasteiger partial charge in [-0.3, -0.25) is 9.59 Å². The minimum Gasteiger partial charge on any atom is -0.496 e. The quantitative estimate of drug-likeness (QED) is 0.524. The summed E-state index contributed by atoms with van der Waals surface area (Å²) in [6.07, 6.45) is 3.44. The molecule has 2 heterocycles. The van der Waals surface area contributed by atoms with E-state index < -0.39 is 0 Å². The summed E-state index contributed by atoms with van der Waals surface area (Å²) < 4.78 is 8.39. The Labute approximate surface area is 179 Å². The molecule has 7 heteroatoms. The number of carbonyl (C=O) groups is 1. The van der Waals surface area contributed by atoms with Gasteiger partial charge in [0.1, 0.15) is 11.3 Å². The van der Waals surface area contributed by atoms with Gasteiger partial charge in [0.25, 0.3) is 11.5 Å². The molecule has 0 aliphatic rings. The molecule has 7 nitrogen and oxygen atoms in total. The maximum Gasteiger partial charge on any atom is 0.276 e. The molecule has 0 fully saturated rings. The van der Waals surface area contributed by atoms with Crippen LogP contribution < -0.4 is 15.6 Å². The van der Waals surface area contributed by atoms with Crippen LogP contribution in [-0.2, 0) is 6.54 Å². The number of aromatic nitrogens is 3. The number of benzene rings is 2. The topological polar surface area (TPSA) is 77.6 Å². The summed E-state index contributed by atoms with van der Waals surface area (Å²) in [5.41, 5.74) is 4.91. The smallest absolute Gasteiger partial charge is 0.276 e. The van der Waals surface area contributed by atoms with Gasteiger partial charge in [-0.05, 0) is 49.2 Å². The largest absolute Gasteiger partial charge is 0.496 e. The van der Waals surface area contributed by atoms with Gasteiger partial charge < -0.3 is 14.6 Å². The summed E-state index contributed by atoms with van der Waals surface area (Å²) in [6, 6.07) is 15.0. The third-order valence-electron chi connectivity index (χ3n) is 5.40. The van der Waals surface area contributed by atoms with Crippen LogP contribution in [0.4, 0.5) is 0 Å². The Kier molecular flexibility index (Phi) is 5.58. The molecule has 0 radical (unpaired) electrons. The first-order valence-corrected chi connectivity index (χ1v) is 10.1. The maximum absolute atomic E-state index is 12.9. The Bertz CT molecular complexity index is 1320. The Balaban J connectivity index is 1.51. The van der Waals surface area contributed by atoms with Crippen molar-refractivity contribution < 1.29 is 9.53 Å². The molecule has 0 bridgehead atoms. The van der Waals surface area contributed by atoms with E-state index in [4.69, 9.17) is 4.74 Å². The molecule has 2 aromatic carbocycles. The Hall–Kier alpha value is -3.87. The number of hydrogen-bond donors (Lipinski definition) is 1. The SMILES string of the molecule is COc1ccccc1C(=O)NCCn1ccn2nc(-c3ccc(C)c(C)c3)cc2c1=O. The molecule has 158 valence electrons. The van der Waals surface area contributed by atoms with Gasteiger partial charge in [-0.25, -0.2) is 4.52 Å². The van der Waals surface area contributed by atoms with Crippen LogP contribution in [0.1, 0.15) is 21.5 Å². The zero-order chi connectivity index (χ0) is 22.0. The second-order valence-electron chi connectivity index (χ2n) is 7.41. The standard InChI is InChI=1S/C24H24N4O3/c1-16-8-9-18(14-17(16)2)20-15-21-24(30)27(12-13-28(21)26-20)11-10-25-23(29)19-6-4-5-7-22(19)31-3/h4-9,12-15H,10-11H2,1-3H3,(H,25,29). The van der Waals surface area contributed by atoms with E-state index in [1.807, 2.05) is 12.1 Å². The van der Waals surface area contributed by atoms with Crippen molar-refractivity contribution in [2.24, 2.45) is 0 Å². The molecule has 2 aromatic heterocycles. The van der Waals surface area contributed by atoms with Crippen LogP contribution in [0, 0.1) is 13.8 Å². The fourth-order valence-corrected chi connectivity index (χ4v) is 3.46. The molecule has 1 N–H and O–H groups in total. The number of para-hydroxylation sites is 1. The van der Waals surface area contributed by atoms with Crippen molar-refractivity contribution in [3.8, 4) is 17.0 Å². The van der Waals surface area contributed by atoms with Crippen molar-refractivity contribution in [1.29, 1.82) is 0 Å². The van der Waals surface area contributed by atoms with Crippen LogP contribution in [0.5, 0.6) is 5.75 Å². The fraction of sp³-hybridized carbons (Fsp3) is 0.208. The molecular formula is C24H24N4O3. The number of carbonyl (C=O) groups excluding carboxylic acids is 1. The fourth-order valence-electron chi connectivity index (χ4n) is 3.46. The molecule has 0 atom stereocenters. The number of methoxy groups -OCH3 is 1. The van der Waals surface area contributed by atoms with Crippen LogP contribution in [-0.4, -0.2) is 33.7 Å². The summed E-state index contributed by atoms with van der Waals surface area (Å²) in [5.74, 6) is 0.268. The van der Waals surface area contributed by atoms with Gasteiger partial charge in [0, 0.05) is 31.0 Å². The van der Waals surface area contributed by atoms with Gasteiger partial charge >= 0.3 is 0 Å². The van der Waals surface area contributed by atoms with Crippen molar-refractivity contribution in [3.63, 3.8) is 0 Å². The van der Waals surface area contributed by atoms with Gasteiger partial charge in [-0.2, -0.15) is 5.10 Å². The molecule has 0 saturated carbocycles. The van der Waals surface area contributed by atoms with Gasteiger partial charge in [0.15, 0.2) is 0 Å². The molecule has 0 unspecified atom stereocenters. The second kappa shape index (κ2) is 8.47. The molecule has 0 saturated heterocycles. The van der Waals surface area contributed by atoms with Crippen LogP contribution >= 0.6 is 0 Å². The second-order valence-corrected chi connectivity index (χ2v) is 7.41. The molecule has 31 heavy (non-hydrogen) atoms. The van der Waals surface area contributed by atoms with Crippen LogP contribution in [0.3, 0.4) is 0 Å². The number of ether oxygens (including phenoxy) is 1. The molecule has 1 amide bonds. The average Bonchev–Trinajstić information content (AvgIpc) is 3.22. The third kappa shape index (κ3) is 4.07. The average molecular weight is 416 g/mol. The number of aryl methyl sites for hydroxylation is 2. The van der Waals surface area contributed by atoms with E-state index in [2.05, 4.69) is 36.4 Å². The van der Waals surface area contributed by atoms with Crippen LogP contribution in [0.2, 0.25) is 0 Å². The Morgan fingerprint density at radius 2 is 1.87 bits per heavy atom. The highest BCUT2D eigenvalue weighted by Crippen LogP contribution is 2.21. The van der Waals surface area contributed by atoms with Crippen molar-refractivity contribution in [1.82, 2.24) is 19.5 Å². The summed E-state index contributed by atoms with van der Waals surface area (Å²) in [4.78, 5) is 25.3. The highest BCUT2D eigenvalue weighted by Gasteiger charge is 2.12. The van der Waals surface area contributed by atoms with E-state index in [1.54, 1.807) is 45.7 Å². The highest BCUT2D eigenvalue weighted by atomic mass is 16.5.